The van der Waals surface area contributed by atoms with Crippen LogP contribution in [0.1, 0.15) is 38.3 Å². The summed E-state index contributed by atoms with van der Waals surface area (Å²) in [5.74, 6) is 2.54. The van der Waals surface area contributed by atoms with E-state index in [0.717, 1.165) is 35.6 Å². The lowest BCUT2D eigenvalue weighted by Crippen LogP contribution is -2.14. The predicted octanol–water partition coefficient (Wildman–Crippen LogP) is 6.41. The SMILES string of the molecule is CCC(COc1ccc(C(F)(F)F)cc1)CSc1ccc(OC(C)C)c(C)c1.O=C=O. The fourth-order valence-corrected chi connectivity index (χ4v) is 3.73. The largest absolute Gasteiger partial charge is 0.493 e. The molecule has 4 nitrogen and oxygen atoms in total. The van der Waals surface area contributed by atoms with Crippen molar-refractivity contribution >= 4 is 17.9 Å². The van der Waals surface area contributed by atoms with E-state index in [2.05, 4.69) is 19.1 Å². The van der Waals surface area contributed by atoms with Crippen LogP contribution in [-0.4, -0.2) is 24.6 Å². The summed E-state index contributed by atoms with van der Waals surface area (Å²) in [7, 11) is 0. The van der Waals surface area contributed by atoms with Crippen LogP contribution in [0.5, 0.6) is 11.5 Å². The molecule has 0 amide bonds. The molecule has 0 aliphatic rings. The van der Waals surface area contributed by atoms with Gasteiger partial charge in [-0.15, -0.1) is 11.8 Å². The summed E-state index contributed by atoms with van der Waals surface area (Å²) in [5.41, 5.74) is 0.440. The fourth-order valence-electron chi connectivity index (χ4n) is 2.55. The predicted molar refractivity (Wildman–Crippen MR) is 113 cm³/mol. The van der Waals surface area contributed by atoms with Gasteiger partial charge in [-0.05, 0) is 75.2 Å². The van der Waals surface area contributed by atoms with Crippen molar-refractivity contribution in [2.75, 3.05) is 12.4 Å². The first-order chi connectivity index (χ1) is 14.6. The van der Waals surface area contributed by atoms with Crippen LogP contribution in [-0.2, 0) is 15.8 Å². The van der Waals surface area contributed by atoms with Crippen LogP contribution in [0, 0.1) is 12.8 Å². The minimum atomic E-state index is -4.32. The maximum atomic E-state index is 12.6. The van der Waals surface area contributed by atoms with E-state index >= 15 is 0 Å². The Bertz CT molecular complexity index is 830. The summed E-state index contributed by atoms with van der Waals surface area (Å²) in [6, 6.07) is 11.0. The number of halogens is 3. The number of carbonyl (C=O) groups excluding carboxylic acids is 2. The zero-order chi connectivity index (χ0) is 23.4. The molecule has 1 unspecified atom stereocenters. The maximum absolute atomic E-state index is 12.6. The zero-order valence-electron chi connectivity index (χ0n) is 18.0. The van der Waals surface area contributed by atoms with Gasteiger partial charge in [-0.3, -0.25) is 0 Å². The van der Waals surface area contributed by atoms with Gasteiger partial charge in [0.1, 0.15) is 11.5 Å². The molecule has 0 saturated heterocycles. The van der Waals surface area contributed by atoms with Crippen molar-refractivity contribution < 1.29 is 32.2 Å². The summed E-state index contributed by atoms with van der Waals surface area (Å²) in [5, 5.41) is 0. The third-order valence-electron chi connectivity index (χ3n) is 4.24. The van der Waals surface area contributed by atoms with E-state index in [-0.39, 0.29) is 12.3 Å². The van der Waals surface area contributed by atoms with E-state index in [1.54, 1.807) is 11.8 Å². The molecule has 2 aromatic carbocycles. The molecule has 0 radical (unpaired) electrons. The zero-order valence-corrected chi connectivity index (χ0v) is 18.8. The first-order valence-corrected chi connectivity index (χ1v) is 10.8. The van der Waals surface area contributed by atoms with Crippen LogP contribution >= 0.6 is 11.8 Å². The monoisotopic (exact) mass is 456 g/mol. The Hall–Kier alpha value is -2.44. The Labute approximate surface area is 185 Å². The molecule has 8 heteroatoms. The van der Waals surface area contributed by atoms with E-state index in [9.17, 15) is 13.2 Å². The van der Waals surface area contributed by atoms with Crippen molar-refractivity contribution in [3.63, 3.8) is 0 Å². The molecule has 0 N–H and O–H groups in total. The van der Waals surface area contributed by atoms with E-state index in [0.29, 0.717) is 18.3 Å². The summed E-state index contributed by atoms with van der Waals surface area (Å²) in [6.45, 7) is 8.61. The van der Waals surface area contributed by atoms with Gasteiger partial charge >= 0.3 is 12.3 Å². The van der Waals surface area contributed by atoms with Crippen molar-refractivity contribution in [1.82, 2.24) is 0 Å². The number of ether oxygens (including phenoxy) is 2. The molecular weight excluding hydrogens is 429 g/mol. The third-order valence-corrected chi connectivity index (χ3v) is 5.46. The first kappa shape index (κ1) is 26.6. The molecule has 2 rings (SSSR count). The lowest BCUT2D eigenvalue weighted by atomic mass is 10.1. The molecule has 31 heavy (non-hydrogen) atoms. The number of thioether (sulfide) groups is 1. The minimum Gasteiger partial charge on any atom is -0.493 e. The Balaban J connectivity index is 0.00000151. The molecule has 0 bridgehead atoms. The lowest BCUT2D eigenvalue weighted by molar-refractivity contribution is -0.191. The molecule has 0 aromatic heterocycles. The molecule has 0 aliphatic heterocycles. The number of hydrogen-bond acceptors (Lipinski definition) is 5. The molecule has 0 saturated carbocycles. The number of benzene rings is 2. The minimum absolute atomic E-state index is 0.143. The molecular formula is C23H27F3O4S. The molecule has 0 spiro atoms. The Morgan fingerprint density at radius 3 is 2.16 bits per heavy atom. The summed E-state index contributed by atoms with van der Waals surface area (Å²) in [6.07, 6.45) is -3.00. The van der Waals surface area contributed by atoms with Crippen molar-refractivity contribution in [3.8, 4) is 11.5 Å². The highest BCUT2D eigenvalue weighted by atomic mass is 32.2. The van der Waals surface area contributed by atoms with Crippen LogP contribution < -0.4 is 9.47 Å². The second-order valence-corrected chi connectivity index (χ2v) is 8.19. The van der Waals surface area contributed by atoms with Crippen molar-refractivity contribution in [1.29, 1.82) is 0 Å². The highest BCUT2D eigenvalue weighted by Gasteiger charge is 2.30. The number of aryl methyl sites for hydroxylation is 1. The van der Waals surface area contributed by atoms with E-state index in [4.69, 9.17) is 19.1 Å². The topological polar surface area (TPSA) is 52.6 Å². The van der Waals surface area contributed by atoms with Crippen LogP contribution in [0.2, 0.25) is 0 Å². The van der Waals surface area contributed by atoms with Gasteiger partial charge < -0.3 is 9.47 Å². The molecule has 0 heterocycles. The average molecular weight is 457 g/mol. The van der Waals surface area contributed by atoms with Crippen LogP contribution in [0.3, 0.4) is 0 Å². The Morgan fingerprint density at radius 2 is 1.68 bits per heavy atom. The fraction of sp³-hybridized carbons (Fsp3) is 0.435. The Morgan fingerprint density at radius 1 is 1.06 bits per heavy atom. The lowest BCUT2D eigenvalue weighted by Gasteiger charge is -2.17. The smallest absolute Gasteiger partial charge is 0.416 e. The molecule has 0 aliphatic carbocycles. The highest BCUT2D eigenvalue weighted by molar-refractivity contribution is 7.99. The van der Waals surface area contributed by atoms with Crippen molar-refractivity contribution in [2.45, 2.75) is 51.3 Å². The summed E-state index contributed by atoms with van der Waals surface area (Å²) >= 11 is 1.75. The van der Waals surface area contributed by atoms with Gasteiger partial charge in [0, 0.05) is 16.6 Å². The van der Waals surface area contributed by atoms with Crippen LogP contribution in [0.15, 0.2) is 47.4 Å². The highest BCUT2D eigenvalue weighted by Crippen LogP contribution is 2.31. The first-order valence-electron chi connectivity index (χ1n) is 9.80. The van der Waals surface area contributed by atoms with Crippen LogP contribution in [0.4, 0.5) is 13.2 Å². The van der Waals surface area contributed by atoms with Gasteiger partial charge in [0.05, 0.1) is 18.3 Å². The van der Waals surface area contributed by atoms with Gasteiger partial charge in [0.2, 0.25) is 0 Å². The maximum Gasteiger partial charge on any atom is 0.416 e. The number of rotatable bonds is 9. The van der Waals surface area contributed by atoms with Gasteiger partial charge in [0.25, 0.3) is 0 Å². The average Bonchev–Trinajstić information content (AvgIpc) is 2.70. The molecule has 170 valence electrons. The summed E-state index contributed by atoms with van der Waals surface area (Å²) in [4.78, 5) is 17.4. The van der Waals surface area contributed by atoms with Gasteiger partial charge in [-0.1, -0.05) is 6.92 Å². The molecule has 1 atom stereocenters. The summed E-state index contributed by atoms with van der Waals surface area (Å²) < 4.78 is 49.3. The quantitative estimate of drug-likeness (QED) is 0.408. The van der Waals surface area contributed by atoms with Crippen molar-refractivity contribution in [3.05, 3.63) is 53.6 Å². The molecule has 2 aromatic rings. The van der Waals surface area contributed by atoms with Gasteiger partial charge in [-0.25, -0.2) is 0 Å². The van der Waals surface area contributed by atoms with Crippen molar-refractivity contribution in [2.24, 2.45) is 5.92 Å². The standard InChI is InChI=1S/C22H27F3O2S.CO2/c1-5-17(13-26-19-8-6-18(7-9-19)22(23,24)25)14-28-20-10-11-21(16(4)12-20)27-15(2)3;2-1-3/h6-12,15,17H,5,13-14H2,1-4H3;. The van der Waals surface area contributed by atoms with Gasteiger partial charge in [-0.2, -0.15) is 22.8 Å². The normalized spacial score (nSPS) is 11.9. The van der Waals surface area contributed by atoms with E-state index in [1.807, 2.05) is 26.8 Å². The number of alkyl halides is 3. The van der Waals surface area contributed by atoms with E-state index in [1.165, 1.54) is 17.0 Å². The molecule has 0 fully saturated rings. The van der Waals surface area contributed by atoms with Crippen LogP contribution in [0.25, 0.3) is 0 Å². The Kier molecular flexibility index (Phi) is 11.2. The second-order valence-electron chi connectivity index (χ2n) is 7.10. The third kappa shape index (κ3) is 9.94. The van der Waals surface area contributed by atoms with E-state index < -0.39 is 11.7 Å². The van der Waals surface area contributed by atoms with Gasteiger partial charge in [0.15, 0.2) is 0 Å². The second kappa shape index (κ2) is 13.1. The number of hydrogen-bond donors (Lipinski definition) is 0.